The highest BCUT2D eigenvalue weighted by Crippen LogP contribution is 2.21. The Morgan fingerprint density at radius 1 is 1.17 bits per heavy atom. The zero-order chi connectivity index (χ0) is 17.0. The molecule has 0 amide bonds. The first-order chi connectivity index (χ1) is 9.95. The standard InChI is InChI=1S/C12H23N3O4S3.ClH/c1-4-21(16,17)14-8-7-10-5-6-11(20-10)22(18,19)15-9-12(2,3)13;/h5-6,14-15H,4,7-9,13H2,1-3H3;1H. The summed E-state index contributed by atoms with van der Waals surface area (Å²) in [6, 6.07) is 3.20. The molecule has 1 aromatic heterocycles. The van der Waals surface area contributed by atoms with Gasteiger partial charge in [0, 0.05) is 23.5 Å². The van der Waals surface area contributed by atoms with Gasteiger partial charge in [-0.2, -0.15) is 0 Å². The first-order valence-electron chi connectivity index (χ1n) is 6.80. The lowest BCUT2D eigenvalue weighted by Gasteiger charge is -2.18. The van der Waals surface area contributed by atoms with E-state index in [2.05, 4.69) is 9.44 Å². The zero-order valence-electron chi connectivity index (χ0n) is 13.3. The molecule has 0 fully saturated rings. The van der Waals surface area contributed by atoms with Crippen molar-refractivity contribution >= 4 is 43.8 Å². The molecule has 0 aromatic carbocycles. The number of thiophene rings is 1. The lowest BCUT2D eigenvalue weighted by Crippen LogP contribution is -2.44. The highest BCUT2D eigenvalue weighted by atomic mass is 35.5. The molecule has 136 valence electrons. The fourth-order valence-electron chi connectivity index (χ4n) is 1.42. The van der Waals surface area contributed by atoms with Gasteiger partial charge in [-0.15, -0.1) is 23.7 Å². The molecule has 4 N–H and O–H groups in total. The Labute approximate surface area is 148 Å². The average molecular weight is 406 g/mol. The molecule has 0 saturated heterocycles. The smallest absolute Gasteiger partial charge is 0.250 e. The molecule has 1 aromatic rings. The van der Waals surface area contributed by atoms with Crippen LogP contribution in [0.1, 0.15) is 25.6 Å². The van der Waals surface area contributed by atoms with E-state index in [0.29, 0.717) is 6.42 Å². The minimum atomic E-state index is -3.58. The highest BCUT2D eigenvalue weighted by molar-refractivity contribution is 7.91. The van der Waals surface area contributed by atoms with Crippen molar-refractivity contribution in [2.24, 2.45) is 5.73 Å². The van der Waals surface area contributed by atoms with E-state index < -0.39 is 25.6 Å². The Balaban J connectivity index is 0.00000484. The number of nitrogens with one attached hydrogen (secondary N) is 2. The second-order valence-corrected chi connectivity index (χ2v) is 10.8. The molecule has 7 nitrogen and oxygen atoms in total. The molecule has 0 aliphatic carbocycles. The van der Waals surface area contributed by atoms with Crippen molar-refractivity contribution < 1.29 is 16.8 Å². The van der Waals surface area contributed by atoms with Gasteiger partial charge in [-0.25, -0.2) is 26.3 Å². The predicted octanol–water partition coefficient (Wildman–Crippen LogP) is 0.667. The second kappa shape index (κ2) is 8.75. The van der Waals surface area contributed by atoms with Gasteiger partial charge in [0.2, 0.25) is 20.0 Å². The molecular formula is C12H24ClN3O4S3. The van der Waals surface area contributed by atoms with Crippen LogP contribution in [0.15, 0.2) is 16.3 Å². The van der Waals surface area contributed by atoms with Crippen LogP contribution >= 0.6 is 23.7 Å². The van der Waals surface area contributed by atoms with Crippen LogP contribution in [-0.4, -0.2) is 41.2 Å². The van der Waals surface area contributed by atoms with Crippen molar-refractivity contribution in [2.75, 3.05) is 18.8 Å². The van der Waals surface area contributed by atoms with Crippen LogP contribution in [0, 0.1) is 0 Å². The number of halogens is 1. The highest BCUT2D eigenvalue weighted by Gasteiger charge is 2.20. The van der Waals surface area contributed by atoms with Crippen molar-refractivity contribution in [1.82, 2.24) is 9.44 Å². The third-order valence-corrected chi connectivity index (χ3v) is 7.14. The van der Waals surface area contributed by atoms with Crippen molar-refractivity contribution in [2.45, 2.75) is 36.9 Å². The topological polar surface area (TPSA) is 118 Å². The van der Waals surface area contributed by atoms with E-state index in [1.807, 2.05) is 0 Å². The number of rotatable bonds is 9. The Morgan fingerprint density at radius 3 is 2.30 bits per heavy atom. The fourth-order valence-corrected chi connectivity index (χ4v) is 4.66. The summed E-state index contributed by atoms with van der Waals surface area (Å²) < 4.78 is 51.9. The van der Waals surface area contributed by atoms with Crippen LogP contribution in [0.3, 0.4) is 0 Å². The minimum Gasteiger partial charge on any atom is -0.324 e. The summed E-state index contributed by atoms with van der Waals surface area (Å²) in [5, 5.41) is 0. The SMILES string of the molecule is CCS(=O)(=O)NCCc1ccc(S(=O)(=O)NCC(C)(C)N)s1.Cl. The molecular weight excluding hydrogens is 382 g/mol. The molecule has 0 radical (unpaired) electrons. The minimum absolute atomic E-state index is 0. The summed E-state index contributed by atoms with van der Waals surface area (Å²) in [5.74, 6) is 0.0237. The Bertz CT molecular complexity index is 693. The lowest BCUT2D eigenvalue weighted by molar-refractivity contribution is 0.498. The van der Waals surface area contributed by atoms with Gasteiger partial charge in [0.1, 0.15) is 4.21 Å². The van der Waals surface area contributed by atoms with Gasteiger partial charge in [0.15, 0.2) is 0 Å². The van der Waals surface area contributed by atoms with E-state index >= 15 is 0 Å². The summed E-state index contributed by atoms with van der Waals surface area (Å²) in [5.41, 5.74) is 5.12. The first-order valence-corrected chi connectivity index (χ1v) is 10.7. The van der Waals surface area contributed by atoms with Crippen LogP contribution in [-0.2, 0) is 26.5 Å². The third-order valence-electron chi connectivity index (χ3n) is 2.69. The maximum absolute atomic E-state index is 12.1. The molecule has 0 saturated carbocycles. The summed E-state index contributed by atoms with van der Waals surface area (Å²) in [7, 11) is -6.81. The summed E-state index contributed by atoms with van der Waals surface area (Å²) >= 11 is 1.12. The first kappa shape index (κ1) is 22.8. The van der Waals surface area contributed by atoms with E-state index in [1.165, 1.54) is 6.07 Å². The quantitative estimate of drug-likeness (QED) is 0.557. The number of sulfonamides is 2. The zero-order valence-corrected chi connectivity index (χ0v) is 16.6. The molecule has 0 aliphatic heterocycles. The number of hydrogen-bond acceptors (Lipinski definition) is 6. The van der Waals surface area contributed by atoms with E-state index in [-0.39, 0.29) is 35.5 Å². The fraction of sp³-hybridized carbons (Fsp3) is 0.667. The summed E-state index contributed by atoms with van der Waals surface area (Å²) in [6.45, 7) is 5.41. The molecule has 0 atom stereocenters. The van der Waals surface area contributed by atoms with Gasteiger partial charge in [-0.05, 0) is 39.3 Å². The Hall–Kier alpha value is -0.230. The monoisotopic (exact) mass is 405 g/mol. The number of hydrogen-bond donors (Lipinski definition) is 3. The van der Waals surface area contributed by atoms with Gasteiger partial charge in [-0.3, -0.25) is 0 Å². The summed E-state index contributed by atoms with van der Waals surface area (Å²) in [4.78, 5) is 0.797. The molecule has 0 aliphatic rings. The largest absolute Gasteiger partial charge is 0.324 e. The van der Waals surface area contributed by atoms with Crippen LogP contribution in [0.25, 0.3) is 0 Å². The second-order valence-electron chi connectivity index (χ2n) is 5.58. The van der Waals surface area contributed by atoms with E-state index in [1.54, 1.807) is 26.8 Å². The van der Waals surface area contributed by atoms with Gasteiger partial charge >= 0.3 is 0 Å². The van der Waals surface area contributed by atoms with Crippen LogP contribution < -0.4 is 15.2 Å². The molecule has 23 heavy (non-hydrogen) atoms. The Kier molecular flexibility index (Phi) is 8.66. The van der Waals surface area contributed by atoms with Crippen LogP contribution in [0.5, 0.6) is 0 Å². The van der Waals surface area contributed by atoms with Crippen molar-refractivity contribution in [3.8, 4) is 0 Å². The average Bonchev–Trinajstić information content (AvgIpc) is 2.85. The van der Waals surface area contributed by atoms with Gasteiger partial charge < -0.3 is 5.73 Å². The maximum Gasteiger partial charge on any atom is 0.250 e. The normalized spacial score (nSPS) is 12.9. The summed E-state index contributed by atoms with van der Waals surface area (Å²) in [6.07, 6.45) is 0.446. The molecule has 1 rings (SSSR count). The molecule has 0 spiro atoms. The van der Waals surface area contributed by atoms with Crippen molar-refractivity contribution in [3.63, 3.8) is 0 Å². The number of nitrogens with two attached hydrogens (primary N) is 1. The molecule has 11 heteroatoms. The predicted molar refractivity (Wildman–Crippen MR) is 96.2 cm³/mol. The molecule has 0 unspecified atom stereocenters. The van der Waals surface area contributed by atoms with E-state index in [4.69, 9.17) is 5.73 Å². The van der Waals surface area contributed by atoms with Gasteiger partial charge in [0.05, 0.1) is 5.75 Å². The van der Waals surface area contributed by atoms with E-state index in [9.17, 15) is 16.8 Å². The van der Waals surface area contributed by atoms with Crippen molar-refractivity contribution in [3.05, 3.63) is 17.0 Å². The van der Waals surface area contributed by atoms with Gasteiger partial charge in [0.25, 0.3) is 0 Å². The van der Waals surface area contributed by atoms with Crippen molar-refractivity contribution in [1.29, 1.82) is 0 Å². The Morgan fingerprint density at radius 2 is 1.78 bits per heavy atom. The van der Waals surface area contributed by atoms with Gasteiger partial charge in [-0.1, -0.05) is 0 Å². The molecule has 0 bridgehead atoms. The third kappa shape index (κ3) is 8.43. The maximum atomic E-state index is 12.1. The van der Waals surface area contributed by atoms with Crippen LogP contribution in [0.4, 0.5) is 0 Å². The van der Waals surface area contributed by atoms with E-state index in [0.717, 1.165) is 16.2 Å². The van der Waals surface area contributed by atoms with Crippen LogP contribution in [0.2, 0.25) is 0 Å². The lowest BCUT2D eigenvalue weighted by atomic mass is 10.1. The molecule has 1 heterocycles.